The van der Waals surface area contributed by atoms with Crippen LogP contribution < -0.4 is 5.32 Å². The molecule has 0 aromatic heterocycles. The molecule has 0 saturated carbocycles. The SMILES string of the molecule is CSCCCCCCNCC(C#N)C(F)(F)F. The number of halogens is 3. The molecule has 100 valence electrons. The van der Waals surface area contributed by atoms with E-state index in [2.05, 4.69) is 11.6 Å². The van der Waals surface area contributed by atoms with Gasteiger partial charge >= 0.3 is 6.18 Å². The Morgan fingerprint density at radius 3 is 2.41 bits per heavy atom. The fraction of sp³-hybridized carbons (Fsp3) is 0.909. The standard InChI is InChI=1S/C11H19F3N2S/c1-17-7-5-3-2-4-6-16-9-10(8-15)11(12,13)14/h10,16H,2-7,9H2,1H3. The lowest BCUT2D eigenvalue weighted by Gasteiger charge is -2.13. The molecule has 0 aliphatic heterocycles. The zero-order valence-corrected chi connectivity index (χ0v) is 10.8. The van der Waals surface area contributed by atoms with E-state index in [0.717, 1.165) is 31.4 Å². The molecule has 0 rings (SSSR count). The van der Waals surface area contributed by atoms with Crippen LogP contribution in [0.25, 0.3) is 0 Å². The molecule has 0 fully saturated rings. The van der Waals surface area contributed by atoms with Crippen molar-refractivity contribution < 1.29 is 13.2 Å². The summed E-state index contributed by atoms with van der Waals surface area (Å²) in [6.07, 6.45) is 1.80. The summed E-state index contributed by atoms with van der Waals surface area (Å²) in [7, 11) is 0. The van der Waals surface area contributed by atoms with Gasteiger partial charge in [-0.1, -0.05) is 12.8 Å². The van der Waals surface area contributed by atoms with E-state index >= 15 is 0 Å². The fourth-order valence-electron chi connectivity index (χ4n) is 1.33. The predicted molar refractivity (Wildman–Crippen MR) is 64.9 cm³/mol. The molecule has 0 radical (unpaired) electrons. The average molecular weight is 268 g/mol. The number of alkyl halides is 3. The van der Waals surface area contributed by atoms with E-state index in [9.17, 15) is 13.2 Å². The molecule has 0 aliphatic carbocycles. The molecule has 0 bridgehead atoms. The van der Waals surface area contributed by atoms with Crippen LogP contribution in [0.1, 0.15) is 25.7 Å². The van der Waals surface area contributed by atoms with Gasteiger partial charge < -0.3 is 5.32 Å². The van der Waals surface area contributed by atoms with Gasteiger partial charge in [0.25, 0.3) is 0 Å². The summed E-state index contributed by atoms with van der Waals surface area (Å²) in [6, 6.07) is 1.27. The molecular weight excluding hydrogens is 249 g/mol. The molecule has 6 heteroatoms. The van der Waals surface area contributed by atoms with Gasteiger partial charge in [0.15, 0.2) is 5.92 Å². The predicted octanol–water partition coefficient (Wildman–Crippen LogP) is 3.20. The lowest BCUT2D eigenvalue weighted by atomic mass is 10.1. The van der Waals surface area contributed by atoms with E-state index in [1.54, 1.807) is 11.8 Å². The normalized spacial score (nSPS) is 13.4. The van der Waals surface area contributed by atoms with Crippen LogP contribution in [0.5, 0.6) is 0 Å². The van der Waals surface area contributed by atoms with Gasteiger partial charge in [-0.3, -0.25) is 0 Å². The second-order valence-corrected chi connectivity index (χ2v) is 4.82. The molecular formula is C11H19F3N2S. The summed E-state index contributed by atoms with van der Waals surface area (Å²) in [6.45, 7) is 0.248. The van der Waals surface area contributed by atoms with E-state index in [1.165, 1.54) is 6.07 Å². The van der Waals surface area contributed by atoms with E-state index in [1.807, 2.05) is 0 Å². The quantitative estimate of drug-likeness (QED) is 0.652. The third-order valence-electron chi connectivity index (χ3n) is 2.35. The third-order valence-corrected chi connectivity index (χ3v) is 3.05. The monoisotopic (exact) mass is 268 g/mol. The number of nitriles is 1. The first kappa shape index (κ1) is 16.6. The van der Waals surface area contributed by atoms with Crippen LogP contribution in [-0.4, -0.2) is 31.3 Å². The average Bonchev–Trinajstić information content (AvgIpc) is 2.25. The maximum Gasteiger partial charge on any atom is 0.405 e. The zero-order valence-electron chi connectivity index (χ0n) is 10.0. The van der Waals surface area contributed by atoms with Crippen LogP contribution in [0.3, 0.4) is 0 Å². The highest BCUT2D eigenvalue weighted by Crippen LogP contribution is 2.24. The van der Waals surface area contributed by atoms with Crippen molar-refractivity contribution in [1.82, 2.24) is 5.32 Å². The number of unbranched alkanes of at least 4 members (excludes halogenated alkanes) is 3. The number of rotatable bonds is 9. The van der Waals surface area contributed by atoms with Gasteiger partial charge in [-0.25, -0.2) is 0 Å². The van der Waals surface area contributed by atoms with Crippen molar-refractivity contribution in [3.8, 4) is 6.07 Å². The van der Waals surface area contributed by atoms with Crippen molar-refractivity contribution >= 4 is 11.8 Å². The lowest BCUT2D eigenvalue weighted by molar-refractivity contribution is -0.157. The maximum atomic E-state index is 12.2. The van der Waals surface area contributed by atoms with Gasteiger partial charge in [-0.15, -0.1) is 0 Å². The first-order chi connectivity index (χ1) is 8.02. The van der Waals surface area contributed by atoms with Gasteiger partial charge in [0.05, 0.1) is 6.07 Å². The summed E-state index contributed by atoms with van der Waals surface area (Å²) in [5.74, 6) is -0.753. The maximum absolute atomic E-state index is 12.2. The Hall–Kier alpha value is -0.410. The molecule has 0 aromatic carbocycles. The summed E-state index contributed by atoms with van der Waals surface area (Å²) >= 11 is 1.80. The second-order valence-electron chi connectivity index (χ2n) is 3.83. The highest BCUT2D eigenvalue weighted by Gasteiger charge is 2.39. The third kappa shape index (κ3) is 9.31. The summed E-state index contributed by atoms with van der Waals surface area (Å²) in [4.78, 5) is 0. The van der Waals surface area contributed by atoms with Gasteiger partial charge in [-0.2, -0.15) is 30.2 Å². The summed E-state index contributed by atoms with van der Waals surface area (Å²) in [5, 5.41) is 11.0. The zero-order chi connectivity index (χ0) is 13.1. The number of nitrogens with one attached hydrogen (secondary N) is 1. The lowest BCUT2D eigenvalue weighted by Crippen LogP contribution is -2.32. The summed E-state index contributed by atoms with van der Waals surface area (Å²) in [5.41, 5.74) is 0. The Labute approximate surface area is 105 Å². The van der Waals surface area contributed by atoms with Gasteiger partial charge in [-0.05, 0) is 31.4 Å². The van der Waals surface area contributed by atoms with Crippen molar-refractivity contribution in [3.05, 3.63) is 0 Å². The Kier molecular flexibility index (Phi) is 9.37. The van der Waals surface area contributed by atoms with Gasteiger partial charge in [0.1, 0.15) is 0 Å². The smallest absolute Gasteiger partial charge is 0.315 e. The molecule has 1 atom stereocenters. The molecule has 0 spiro atoms. The second kappa shape index (κ2) is 9.60. The van der Waals surface area contributed by atoms with Crippen molar-refractivity contribution in [3.63, 3.8) is 0 Å². The largest absolute Gasteiger partial charge is 0.405 e. The molecule has 2 nitrogen and oxygen atoms in total. The molecule has 0 amide bonds. The molecule has 0 saturated heterocycles. The fourth-order valence-corrected chi connectivity index (χ4v) is 1.82. The number of nitrogens with zero attached hydrogens (tertiary/aromatic N) is 1. The van der Waals surface area contributed by atoms with Crippen LogP contribution in [0.4, 0.5) is 13.2 Å². The molecule has 0 aromatic rings. The van der Waals surface area contributed by atoms with Gasteiger partial charge in [0, 0.05) is 6.54 Å². The first-order valence-electron chi connectivity index (χ1n) is 5.68. The molecule has 0 heterocycles. The minimum absolute atomic E-state index is 0.301. The summed E-state index contributed by atoms with van der Waals surface area (Å²) < 4.78 is 36.5. The molecule has 1 unspecified atom stereocenters. The molecule has 1 N–H and O–H groups in total. The van der Waals surface area contributed by atoms with E-state index in [4.69, 9.17) is 5.26 Å². The topological polar surface area (TPSA) is 35.8 Å². The number of thioether (sulfide) groups is 1. The van der Waals surface area contributed by atoms with Gasteiger partial charge in [0.2, 0.25) is 0 Å². The minimum atomic E-state index is -4.42. The van der Waals surface area contributed by atoms with Crippen LogP contribution in [0.15, 0.2) is 0 Å². The van der Waals surface area contributed by atoms with Crippen LogP contribution in [0, 0.1) is 17.2 Å². The van der Waals surface area contributed by atoms with Crippen LogP contribution in [-0.2, 0) is 0 Å². The van der Waals surface area contributed by atoms with Crippen LogP contribution in [0.2, 0.25) is 0 Å². The Morgan fingerprint density at radius 1 is 1.24 bits per heavy atom. The highest BCUT2D eigenvalue weighted by molar-refractivity contribution is 7.98. The first-order valence-corrected chi connectivity index (χ1v) is 7.07. The highest BCUT2D eigenvalue weighted by atomic mass is 32.2. The number of hydrogen-bond donors (Lipinski definition) is 1. The van der Waals surface area contributed by atoms with E-state index in [-0.39, 0.29) is 6.54 Å². The van der Waals surface area contributed by atoms with E-state index in [0.29, 0.717) is 6.54 Å². The Bertz CT molecular complexity index is 226. The van der Waals surface area contributed by atoms with Crippen molar-refractivity contribution in [2.45, 2.75) is 31.9 Å². The van der Waals surface area contributed by atoms with Crippen molar-refractivity contribution in [2.75, 3.05) is 25.1 Å². The molecule has 0 aliphatic rings. The molecule has 17 heavy (non-hydrogen) atoms. The van der Waals surface area contributed by atoms with Crippen LogP contribution >= 0.6 is 11.8 Å². The number of hydrogen-bond acceptors (Lipinski definition) is 3. The Balaban J connectivity index is 3.42. The van der Waals surface area contributed by atoms with Crippen molar-refractivity contribution in [1.29, 1.82) is 5.26 Å². The Morgan fingerprint density at radius 2 is 1.88 bits per heavy atom. The van der Waals surface area contributed by atoms with E-state index < -0.39 is 12.1 Å². The minimum Gasteiger partial charge on any atom is -0.315 e. The van der Waals surface area contributed by atoms with Crippen molar-refractivity contribution in [2.24, 2.45) is 5.92 Å².